The zero-order valence-electron chi connectivity index (χ0n) is 17.6. The molecule has 9 heteroatoms. The SMILES string of the molecule is CCNC(=NCCS(=O)(=O)NCc1ccccc1)Nc1ccc(OC)c(OCC)c1. The summed E-state index contributed by atoms with van der Waals surface area (Å²) in [6.45, 7) is 5.37. The van der Waals surface area contributed by atoms with Crippen LogP contribution in [0.4, 0.5) is 5.69 Å². The summed E-state index contributed by atoms with van der Waals surface area (Å²) in [5, 5.41) is 6.27. The van der Waals surface area contributed by atoms with Crippen molar-refractivity contribution in [3.63, 3.8) is 0 Å². The molecule has 0 heterocycles. The average Bonchev–Trinajstić information content (AvgIpc) is 2.74. The Morgan fingerprint density at radius 1 is 1.07 bits per heavy atom. The Bertz CT molecular complexity index is 918. The first-order valence-corrected chi connectivity index (χ1v) is 11.5. The van der Waals surface area contributed by atoms with Gasteiger partial charge >= 0.3 is 0 Å². The van der Waals surface area contributed by atoms with Gasteiger partial charge < -0.3 is 20.1 Å². The highest BCUT2D eigenvalue weighted by molar-refractivity contribution is 7.89. The number of ether oxygens (including phenoxy) is 2. The predicted molar refractivity (Wildman–Crippen MR) is 121 cm³/mol. The third kappa shape index (κ3) is 7.92. The molecule has 8 nitrogen and oxygen atoms in total. The Hall–Kier alpha value is -2.78. The summed E-state index contributed by atoms with van der Waals surface area (Å²) >= 11 is 0. The average molecular weight is 435 g/mol. The van der Waals surface area contributed by atoms with Crippen LogP contribution in [0, 0.1) is 0 Å². The maximum atomic E-state index is 12.2. The molecule has 2 rings (SSSR count). The van der Waals surface area contributed by atoms with Crippen LogP contribution in [0.1, 0.15) is 19.4 Å². The standard InChI is InChI=1S/C21H30N4O4S/c1-4-22-21(25-18-11-12-19(28-3)20(15-18)29-5-2)23-13-14-30(26,27)24-16-17-9-7-6-8-10-17/h6-12,15,24H,4-5,13-14,16H2,1-3H3,(H2,22,23,25). The highest BCUT2D eigenvalue weighted by Gasteiger charge is 2.10. The van der Waals surface area contributed by atoms with Gasteiger partial charge in [0.2, 0.25) is 10.0 Å². The minimum atomic E-state index is -3.44. The summed E-state index contributed by atoms with van der Waals surface area (Å²) in [5.74, 6) is 1.64. The van der Waals surface area contributed by atoms with Crippen molar-refractivity contribution in [2.24, 2.45) is 4.99 Å². The molecule has 2 aromatic rings. The molecule has 0 saturated carbocycles. The van der Waals surface area contributed by atoms with E-state index in [9.17, 15) is 8.42 Å². The second-order valence-electron chi connectivity index (χ2n) is 6.31. The van der Waals surface area contributed by atoms with Crippen LogP contribution in [0.5, 0.6) is 11.5 Å². The second kappa shape index (κ2) is 12.0. The molecule has 0 atom stereocenters. The predicted octanol–water partition coefficient (Wildman–Crippen LogP) is 2.59. The maximum Gasteiger partial charge on any atom is 0.213 e. The van der Waals surface area contributed by atoms with E-state index >= 15 is 0 Å². The van der Waals surface area contributed by atoms with Crippen LogP contribution in [0.25, 0.3) is 0 Å². The molecule has 0 fully saturated rings. The van der Waals surface area contributed by atoms with Crippen LogP contribution in [0.3, 0.4) is 0 Å². The van der Waals surface area contributed by atoms with Crippen LogP contribution in [-0.4, -0.2) is 46.9 Å². The lowest BCUT2D eigenvalue weighted by molar-refractivity contribution is 0.311. The van der Waals surface area contributed by atoms with Crippen molar-refractivity contribution < 1.29 is 17.9 Å². The van der Waals surface area contributed by atoms with Gasteiger partial charge in [-0.1, -0.05) is 30.3 Å². The first-order valence-electron chi connectivity index (χ1n) is 9.84. The van der Waals surface area contributed by atoms with Crippen LogP contribution < -0.4 is 24.8 Å². The number of nitrogens with one attached hydrogen (secondary N) is 3. The van der Waals surface area contributed by atoms with Gasteiger partial charge in [0, 0.05) is 24.8 Å². The molecule has 0 saturated heterocycles. The van der Waals surface area contributed by atoms with Gasteiger partial charge in [0.15, 0.2) is 17.5 Å². The van der Waals surface area contributed by atoms with Crippen molar-refractivity contribution >= 4 is 21.7 Å². The summed E-state index contributed by atoms with van der Waals surface area (Å²) in [7, 11) is -1.85. The lowest BCUT2D eigenvalue weighted by atomic mass is 10.2. The van der Waals surface area contributed by atoms with E-state index in [1.54, 1.807) is 13.2 Å². The van der Waals surface area contributed by atoms with E-state index in [2.05, 4.69) is 20.3 Å². The highest BCUT2D eigenvalue weighted by Crippen LogP contribution is 2.30. The van der Waals surface area contributed by atoms with E-state index in [-0.39, 0.29) is 18.8 Å². The maximum absolute atomic E-state index is 12.2. The molecular weight excluding hydrogens is 404 g/mol. The first kappa shape index (κ1) is 23.5. The molecule has 0 aliphatic rings. The van der Waals surface area contributed by atoms with E-state index < -0.39 is 10.0 Å². The van der Waals surface area contributed by atoms with Crippen LogP contribution in [-0.2, 0) is 16.6 Å². The van der Waals surface area contributed by atoms with E-state index in [0.29, 0.717) is 30.6 Å². The fourth-order valence-electron chi connectivity index (χ4n) is 2.61. The molecule has 0 spiro atoms. The smallest absolute Gasteiger partial charge is 0.213 e. The van der Waals surface area contributed by atoms with E-state index in [0.717, 1.165) is 11.3 Å². The lowest BCUT2D eigenvalue weighted by Crippen LogP contribution is -2.32. The summed E-state index contributed by atoms with van der Waals surface area (Å²) in [6, 6.07) is 14.8. The molecule has 0 aliphatic carbocycles. The molecule has 0 unspecified atom stereocenters. The van der Waals surface area contributed by atoms with Crippen molar-refractivity contribution in [3.8, 4) is 11.5 Å². The number of guanidine groups is 1. The van der Waals surface area contributed by atoms with Gasteiger partial charge in [-0.25, -0.2) is 13.1 Å². The van der Waals surface area contributed by atoms with Crippen LogP contribution >= 0.6 is 0 Å². The zero-order chi connectivity index (χ0) is 21.8. The topological polar surface area (TPSA) is 101 Å². The van der Waals surface area contributed by atoms with Gasteiger partial charge in [-0.3, -0.25) is 4.99 Å². The number of hydrogen-bond acceptors (Lipinski definition) is 5. The molecule has 0 aliphatic heterocycles. The second-order valence-corrected chi connectivity index (χ2v) is 8.24. The van der Waals surface area contributed by atoms with Crippen LogP contribution in [0.15, 0.2) is 53.5 Å². The Morgan fingerprint density at radius 2 is 1.83 bits per heavy atom. The quantitative estimate of drug-likeness (QED) is 0.371. The molecule has 3 N–H and O–H groups in total. The minimum absolute atomic E-state index is 0.108. The van der Waals surface area contributed by atoms with E-state index in [4.69, 9.17) is 9.47 Å². The van der Waals surface area contributed by atoms with Gasteiger partial charge in [0.05, 0.1) is 26.0 Å². The monoisotopic (exact) mass is 434 g/mol. The molecule has 0 aromatic heterocycles. The number of methoxy groups -OCH3 is 1. The molecule has 30 heavy (non-hydrogen) atoms. The number of benzene rings is 2. The molecule has 0 radical (unpaired) electrons. The van der Waals surface area contributed by atoms with Crippen molar-refractivity contribution in [3.05, 3.63) is 54.1 Å². The van der Waals surface area contributed by atoms with Crippen molar-refractivity contribution in [2.45, 2.75) is 20.4 Å². The summed E-state index contributed by atoms with van der Waals surface area (Å²) < 4.78 is 37.9. The summed E-state index contributed by atoms with van der Waals surface area (Å²) in [5.41, 5.74) is 1.66. The molecule has 2 aromatic carbocycles. The normalized spacial score (nSPS) is 11.8. The van der Waals surface area contributed by atoms with Crippen molar-refractivity contribution in [1.82, 2.24) is 10.0 Å². The van der Waals surface area contributed by atoms with Gasteiger partial charge in [-0.2, -0.15) is 0 Å². The number of nitrogens with zero attached hydrogens (tertiary/aromatic N) is 1. The fraction of sp³-hybridized carbons (Fsp3) is 0.381. The minimum Gasteiger partial charge on any atom is -0.493 e. The zero-order valence-corrected chi connectivity index (χ0v) is 18.5. The highest BCUT2D eigenvalue weighted by atomic mass is 32.2. The Labute approximate surface area is 178 Å². The molecule has 0 amide bonds. The van der Waals surface area contributed by atoms with Gasteiger partial charge in [-0.05, 0) is 31.5 Å². The van der Waals surface area contributed by atoms with E-state index in [1.165, 1.54) is 0 Å². The van der Waals surface area contributed by atoms with Crippen molar-refractivity contribution in [2.75, 3.05) is 37.9 Å². The number of anilines is 1. The third-order valence-electron chi connectivity index (χ3n) is 4.04. The number of rotatable bonds is 11. The summed E-state index contributed by atoms with van der Waals surface area (Å²) in [6.07, 6.45) is 0. The first-order chi connectivity index (χ1) is 14.5. The third-order valence-corrected chi connectivity index (χ3v) is 5.34. The number of hydrogen-bond donors (Lipinski definition) is 3. The summed E-state index contributed by atoms with van der Waals surface area (Å²) in [4.78, 5) is 4.37. The number of sulfonamides is 1. The van der Waals surface area contributed by atoms with Crippen LogP contribution in [0.2, 0.25) is 0 Å². The number of aliphatic imine (C=N–C) groups is 1. The molecule has 164 valence electrons. The molecule has 0 bridgehead atoms. The Morgan fingerprint density at radius 3 is 2.50 bits per heavy atom. The van der Waals surface area contributed by atoms with Gasteiger partial charge in [0.25, 0.3) is 0 Å². The van der Waals surface area contributed by atoms with Gasteiger partial charge in [0.1, 0.15) is 0 Å². The van der Waals surface area contributed by atoms with Gasteiger partial charge in [-0.15, -0.1) is 0 Å². The largest absolute Gasteiger partial charge is 0.493 e. The lowest BCUT2D eigenvalue weighted by Gasteiger charge is -2.14. The van der Waals surface area contributed by atoms with E-state index in [1.807, 2.05) is 56.3 Å². The fourth-order valence-corrected chi connectivity index (χ4v) is 3.47. The van der Waals surface area contributed by atoms with Crippen molar-refractivity contribution in [1.29, 1.82) is 0 Å². The Balaban J connectivity index is 1.97. The Kier molecular flexibility index (Phi) is 9.43. The molecular formula is C21H30N4O4S.